The highest BCUT2D eigenvalue weighted by molar-refractivity contribution is 5.92. The van der Waals surface area contributed by atoms with Gasteiger partial charge in [0.15, 0.2) is 0 Å². The number of hydrogen-bond donors (Lipinski definition) is 0. The molecule has 29 heavy (non-hydrogen) atoms. The van der Waals surface area contributed by atoms with Crippen molar-refractivity contribution in [3.63, 3.8) is 0 Å². The van der Waals surface area contributed by atoms with E-state index < -0.39 is 24.2 Å². The molecule has 0 aliphatic carbocycles. The monoisotopic (exact) mass is 410 g/mol. The average molecular weight is 410 g/mol. The molecule has 1 amide bonds. The van der Waals surface area contributed by atoms with E-state index in [0.29, 0.717) is 18.7 Å². The zero-order chi connectivity index (χ0) is 21.4. The maximum atomic E-state index is 14.0. The van der Waals surface area contributed by atoms with Gasteiger partial charge >= 0.3 is 6.61 Å². The van der Waals surface area contributed by atoms with E-state index in [0.717, 1.165) is 12.1 Å². The average Bonchev–Trinajstić information content (AvgIpc) is 2.65. The van der Waals surface area contributed by atoms with Crippen molar-refractivity contribution in [3.8, 4) is 5.75 Å². The molecular formula is C21H22F4N2O2. The van der Waals surface area contributed by atoms with E-state index in [2.05, 4.69) is 4.74 Å². The molecule has 0 spiro atoms. The molecule has 0 saturated heterocycles. The molecule has 0 heterocycles. The van der Waals surface area contributed by atoms with Gasteiger partial charge in [0.05, 0.1) is 0 Å². The number of alkyl halides is 2. The van der Waals surface area contributed by atoms with Gasteiger partial charge in [0, 0.05) is 42.9 Å². The van der Waals surface area contributed by atoms with Gasteiger partial charge in [-0.05, 0) is 32.3 Å². The van der Waals surface area contributed by atoms with E-state index in [-0.39, 0.29) is 17.9 Å². The van der Waals surface area contributed by atoms with Crippen molar-refractivity contribution in [1.82, 2.24) is 9.80 Å². The second-order valence-corrected chi connectivity index (χ2v) is 6.55. The number of para-hydroxylation sites is 1. The molecule has 0 atom stereocenters. The number of nitrogens with zero attached hydrogens (tertiary/aromatic N) is 2. The van der Waals surface area contributed by atoms with E-state index >= 15 is 0 Å². The Labute approximate surface area is 167 Å². The van der Waals surface area contributed by atoms with Crippen LogP contribution in [-0.4, -0.2) is 49.5 Å². The van der Waals surface area contributed by atoms with Crippen LogP contribution in [0, 0.1) is 11.6 Å². The zero-order valence-electron chi connectivity index (χ0n) is 16.1. The highest BCUT2D eigenvalue weighted by Crippen LogP contribution is 2.22. The lowest BCUT2D eigenvalue weighted by Gasteiger charge is -2.23. The third kappa shape index (κ3) is 7.23. The molecule has 2 aromatic rings. The predicted octanol–water partition coefficient (Wildman–Crippen LogP) is 4.17. The van der Waals surface area contributed by atoms with Gasteiger partial charge in [-0.3, -0.25) is 4.79 Å². The SMILES string of the molecule is CN(C)CCN(Cc1ccc(F)cc1F)C(=O)C=Cc1ccccc1OC(F)F. The van der Waals surface area contributed by atoms with Crippen molar-refractivity contribution in [2.45, 2.75) is 13.2 Å². The molecule has 0 aliphatic heterocycles. The van der Waals surface area contributed by atoms with Crippen molar-refractivity contribution >= 4 is 12.0 Å². The number of rotatable bonds is 9. The zero-order valence-corrected chi connectivity index (χ0v) is 16.1. The molecule has 0 saturated carbocycles. The van der Waals surface area contributed by atoms with Crippen LogP contribution in [-0.2, 0) is 11.3 Å². The van der Waals surface area contributed by atoms with Gasteiger partial charge in [-0.2, -0.15) is 8.78 Å². The Balaban J connectivity index is 2.20. The fourth-order valence-corrected chi connectivity index (χ4v) is 2.53. The molecule has 0 unspecified atom stereocenters. The summed E-state index contributed by atoms with van der Waals surface area (Å²) in [7, 11) is 3.66. The van der Waals surface area contributed by atoms with Crippen LogP contribution < -0.4 is 4.74 Å². The summed E-state index contributed by atoms with van der Waals surface area (Å²) in [5.74, 6) is -1.95. The highest BCUT2D eigenvalue weighted by atomic mass is 19.3. The van der Waals surface area contributed by atoms with E-state index in [4.69, 9.17) is 0 Å². The maximum absolute atomic E-state index is 14.0. The van der Waals surface area contributed by atoms with Crippen LogP contribution in [0.5, 0.6) is 5.75 Å². The third-order valence-electron chi connectivity index (χ3n) is 4.05. The molecule has 0 aromatic heterocycles. The highest BCUT2D eigenvalue weighted by Gasteiger charge is 2.15. The molecule has 2 rings (SSSR count). The molecule has 0 fully saturated rings. The number of halogens is 4. The van der Waals surface area contributed by atoms with E-state index in [1.165, 1.54) is 41.3 Å². The number of benzene rings is 2. The Hall–Kier alpha value is -2.87. The number of ether oxygens (including phenoxy) is 1. The van der Waals surface area contributed by atoms with Gasteiger partial charge in [0.25, 0.3) is 0 Å². The minimum Gasteiger partial charge on any atom is -0.434 e. The first-order valence-corrected chi connectivity index (χ1v) is 8.85. The molecule has 0 bridgehead atoms. The van der Waals surface area contributed by atoms with Crippen molar-refractivity contribution in [3.05, 3.63) is 71.3 Å². The van der Waals surface area contributed by atoms with Crippen LogP contribution in [0.15, 0.2) is 48.5 Å². The van der Waals surface area contributed by atoms with Gasteiger partial charge in [0.2, 0.25) is 5.91 Å². The Morgan fingerprint density at radius 2 is 1.83 bits per heavy atom. The predicted molar refractivity (Wildman–Crippen MR) is 102 cm³/mol. The van der Waals surface area contributed by atoms with Crippen LogP contribution in [0.1, 0.15) is 11.1 Å². The maximum Gasteiger partial charge on any atom is 0.387 e. The lowest BCUT2D eigenvalue weighted by Crippen LogP contribution is -2.35. The summed E-state index contributed by atoms with van der Waals surface area (Å²) in [4.78, 5) is 15.9. The molecule has 4 nitrogen and oxygen atoms in total. The fourth-order valence-electron chi connectivity index (χ4n) is 2.53. The number of carbonyl (C=O) groups is 1. The van der Waals surface area contributed by atoms with E-state index in [1.807, 2.05) is 19.0 Å². The largest absolute Gasteiger partial charge is 0.434 e. The molecular weight excluding hydrogens is 388 g/mol. The minimum atomic E-state index is -2.99. The lowest BCUT2D eigenvalue weighted by atomic mass is 10.1. The van der Waals surface area contributed by atoms with Gasteiger partial charge in [-0.25, -0.2) is 8.78 Å². The van der Waals surface area contributed by atoms with Crippen LogP contribution >= 0.6 is 0 Å². The van der Waals surface area contributed by atoms with Crippen molar-refractivity contribution < 1.29 is 27.1 Å². The molecule has 2 aromatic carbocycles. The summed E-state index contributed by atoms with van der Waals surface area (Å²) in [5, 5.41) is 0. The first kappa shape index (κ1) is 22.4. The van der Waals surface area contributed by atoms with Gasteiger partial charge in [-0.15, -0.1) is 0 Å². The molecule has 156 valence electrons. The molecule has 8 heteroatoms. The summed E-state index contributed by atoms with van der Waals surface area (Å²) in [6.45, 7) is -2.23. The summed E-state index contributed by atoms with van der Waals surface area (Å²) >= 11 is 0. The summed E-state index contributed by atoms with van der Waals surface area (Å²) in [6, 6.07) is 9.24. The van der Waals surface area contributed by atoms with Gasteiger partial charge in [-0.1, -0.05) is 24.3 Å². The first-order chi connectivity index (χ1) is 13.8. The standard InChI is InChI=1S/C21H22F4N2O2/c1-26(2)11-12-27(14-16-7-9-17(22)13-18(16)23)20(28)10-8-15-5-3-4-6-19(15)29-21(24)25/h3-10,13,21H,11-12,14H2,1-2H3. The minimum absolute atomic E-state index is 0.0572. The second-order valence-electron chi connectivity index (χ2n) is 6.55. The van der Waals surface area contributed by atoms with Crippen LogP contribution in [0.25, 0.3) is 6.08 Å². The Bertz CT molecular complexity index is 856. The van der Waals surface area contributed by atoms with Crippen molar-refractivity contribution in [2.24, 2.45) is 0 Å². The lowest BCUT2D eigenvalue weighted by molar-refractivity contribution is -0.126. The summed E-state index contributed by atoms with van der Waals surface area (Å²) in [5.41, 5.74) is 0.481. The van der Waals surface area contributed by atoms with Crippen molar-refractivity contribution in [1.29, 1.82) is 0 Å². The number of amides is 1. The van der Waals surface area contributed by atoms with E-state index in [9.17, 15) is 22.4 Å². The Morgan fingerprint density at radius 3 is 2.48 bits per heavy atom. The quantitative estimate of drug-likeness (QED) is 0.460. The first-order valence-electron chi connectivity index (χ1n) is 8.85. The van der Waals surface area contributed by atoms with Crippen LogP contribution in [0.2, 0.25) is 0 Å². The van der Waals surface area contributed by atoms with Crippen LogP contribution in [0.4, 0.5) is 17.6 Å². The fraction of sp³-hybridized carbons (Fsp3) is 0.286. The number of hydrogen-bond acceptors (Lipinski definition) is 3. The Morgan fingerprint density at radius 1 is 1.10 bits per heavy atom. The number of carbonyl (C=O) groups excluding carboxylic acids is 1. The van der Waals surface area contributed by atoms with Crippen LogP contribution in [0.3, 0.4) is 0 Å². The second kappa shape index (κ2) is 10.6. The summed E-state index contributed by atoms with van der Waals surface area (Å²) < 4.78 is 56.6. The Kier molecular flexibility index (Phi) is 8.21. The third-order valence-corrected chi connectivity index (χ3v) is 4.05. The van der Waals surface area contributed by atoms with Crippen molar-refractivity contribution in [2.75, 3.05) is 27.2 Å². The normalized spacial score (nSPS) is 11.4. The smallest absolute Gasteiger partial charge is 0.387 e. The number of likely N-dealkylation sites (N-methyl/N-ethyl adjacent to an activating group) is 1. The molecule has 0 aliphatic rings. The molecule has 0 radical (unpaired) electrons. The van der Waals surface area contributed by atoms with Gasteiger partial charge in [0.1, 0.15) is 17.4 Å². The molecule has 0 N–H and O–H groups in total. The van der Waals surface area contributed by atoms with Gasteiger partial charge < -0.3 is 14.5 Å². The topological polar surface area (TPSA) is 32.8 Å². The summed E-state index contributed by atoms with van der Waals surface area (Å²) in [6.07, 6.45) is 2.58. The van der Waals surface area contributed by atoms with E-state index in [1.54, 1.807) is 6.07 Å².